The predicted octanol–water partition coefficient (Wildman–Crippen LogP) is 4.12. The summed E-state index contributed by atoms with van der Waals surface area (Å²) in [5.41, 5.74) is 1.13. The Kier molecular flexibility index (Phi) is 9.52. The van der Waals surface area contributed by atoms with Gasteiger partial charge in [-0.05, 0) is 30.7 Å². The molecular weight excluding hydrogens is 571 g/mol. The Morgan fingerprint density at radius 2 is 1.56 bits per heavy atom. The van der Waals surface area contributed by atoms with Crippen LogP contribution in [0.25, 0.3) is 0 Å². The predicted molar refractivity (Wildman–Crippen MR) is 154 cm³/mol. The molecule has 2 atom stereocenters. The van der Waals surface area contributed by atoms with Crippen LogP contribution >= 0.6 is 23.2 Å². The van der Waals surface area contributed by atoms with Gasteiger partial charge in [0.2, 0.25) is 6.41 Å². The van der Waals surface area contributed by atoms with Gasteiger partial charge in [-0.25, -0.2) is 4.79 Å². The largest absolute Gasteiger partial charge is 0.507 e. The van der Waals surface area contributed by atoms with Crippen molar-refractivity contribution in [2.24, 2.45) is 0 Å². The average molecular weight is 599 g/mol. The summed E-state index contributed by atoms with van der Waals surface area (Å²) in [7, 11) is 0. The number of hydrogen-bond acceptors (Lipinski definition) is 8. The number of benzene rings is 3. The minimum absolute atomic E-state index is 0.0667. The van der Waals surface area contributed by atoms with Crippen LogP contribution in [0.3, 0.4) is 0 Å². The van der Waals surface area contributed by atoms with Gasteiger partial charge in [-0.3, -0.25) is 14.4 Å². The van der Waals surface area contributed by atoms with E-state index in [2.05, 4.69) is 5.32 Å². The third kappa shape index (κ3) is 6.16. The smallest absolute Gasteiger partial charge is 0.329 e. The second kappa shape index (κ2) is 13.1. The fraction of sp³-hybridized carbons (Fsp3) is 0.267. The fourth-order valence-corrected chi connectivity index (χ4v) is 5.26. The second-order valence-electron chi connectivity index (χ2n) is 9.44. The highest BCUT2D eigenvalue weighted by Crippen LogP contribution is 2.42. The Morgan fingerprint density at radius 3 is 2.12 bits per heavy atom. The van der Waals surface area contributed by atoms with Crippen molar-refractivity contribution in [3.05, 3.63) is 88.0 Å². The van der Waals surface area contributed by atoms with Crippen LogP contribution in [-0.2, 0) is 20.7 Å². The molecule has 1 amide bonds. The van der Waals surface area contributed by atoms with Gasteiger partial charge in [0.25, 0.3) is 0 Å². The Morgan fingerprint density at radius 1 is 0.976 bits per heavy atom. The van der Waals surface area contributed by atoms with E-state index in [1.54, 1.807) is 12.1 Å². The van der Waals surface area contributed by atoms with E-state index in [4.69, 9.17) is 27.9 Å². The number of fused-ring (bicyclic) bond motifs is 2. The van der Waals surface area contributed by atoms with Crippen LogP contribution < -0.4 is 10.2 Å². The number of halogens is 2. The SMILES string of the molecule is CC(OC(=O)C(Cc1ccc(N(CCCl)CCCl)cc1)NC=O)c1cc(O)c2c(c1O)C(=O)c1ccccc1C2=O. The first kappa shape index (κ1) is 29.9. The molecule has 0 aliphatic heterocycles. The molecule has 0 saturated carbocycles. The number of ketones is 2. The number of phenols is 2. The number of carbonyl (C=O) groups excluding carboxylic acids is 4. The van der Waals surface area contributed by atoms with E-state index in [1.807, 2.05) is 29.2 Å². The maximum atomic E-state index is 13.2. The molecule has 3 aromatic carbocycles. The number of amides is 1. The molecule has 0 heterocycles. The van der Waals surface area contributed by atoms with Crippen molar-refractivity contribution >= 4 is 52.8 Å². The molecule has 9 nitrogen and oxygen atoms in total. The summed E-state index contributed by atoms with van der Waals surface area (Å²) in [5, 5.41) is 24.1. The molecule has 0 radical (unpaired) electrons. The van der Waals surface area contributed by atoms with E-state index in [0.29, 0.717) is 31.3 Å². The van der Waals surface area contributed by atoms with Gasteiger partial charge in [-0.2, -0.15) is 0 Å². The normalized spacial score (nSPS) is 13.5. The first-order chi connectivity index (χ1) is 19.7. The van der Waals surface area contributed by atoms with Gasteiger partial charge in [-0.15, -0.1) is 23.2 Å². The minimum Gasteiger partial charge on any atom is -0.507 e. The van der Waals surface area contributed by atoms with Gasteiger partial charge in [0.1, 0.15) is 23.6 Å². The Bertz CT molecular complexity index is 1470. The van der Waals surface area contributed by atoms with E-state index in [-0.39, 0.29) is 34.2 Å². The Labute approximate surface area is 246 Å². The average Bonchev–Trinajstić information content (AvgIpc) is 2.96. The number of alkyl halides is 2. The zero-order valence-electron chi connectivity index (χ0n) is 22.1. The molecule has 2 unspecified atom stereocenters. The van der Waals surface area contributed by atoms with Crippen molar-refractivity contribution in [3.8, 4) is 11.5 Å². The van der Waals surface area contributed by atoms with Crippen molar-refractivity contribution in [3.63, 3.8) is 0 Å². The lowest BCUT2D eigenvalue weighted by Gasteiger charge is -2.24. The van der Waals surface area contributed by atoms with Crippen LogP contribution in [-0.4, -0.2) is 65.1 Å². The number of carbonyl (C=O) groups is 4. The van der Waals surface area contributed by atoms with Crippen LogP contribution in [0.2, 0.25) is 0 Å². The van der Waals surface area contributed by atoms with Crippen molar-refractivity contribution in [1.82, 2.24) is 5.32 Å². The number of nitrogens with one attached hydrogen (secondary N) is 1. The molecular formula is C30H28Cl2N2O7. The van der Waals surface area contributed by atoms with Gasteiger partial charge >= 0.3 is 5.97 Å². The van der Waals surface area contributed by atoms with Crippen LogP contribution in [0.4, 0.5) is 5.69 Å². The Balaban J connectivity index is 1.54. The zero-order chi connectivity index (χ0) is 29.7. The topological polar surface area (TPSA) is 133 Å². The maximum absolute atomic E-state index is 13.2. The zero-order valence-corrected chi connectivity index (χ0v) is 23.6. The molecule has 1 aliphatic carbocycles. The molecule has 41 heavy (non-hydrogen) atoms. The highest BCUT2D eigenvalue weighted by molar-refractivity contribution is 6.30. The monoisotopic (exact) mass is 598 g/mol. The number of anilines is 1. The lowest BCUT2D eigenvalue weighted by atomic mass is 9.81. The third-order valence-corrected chi connectivity index (χ3v) is 7.25. The summed E-state index contributed by atoms with van der Waals surface area (Å²) in [6.45, 7) is 2.67. The first-order valence-corrected chi connectivity index (χ1v) is 13.9. The van der Waals surface area contributed by atoms with E-state index in [1.165, 1.54) is 19.1 Å². The highest BCUT2D eigenvalue weighted by atomic mass is 35.5. The maximum Gasteiger partial charge on any atom is 0.329 e. The number of hydrogen-bond donors (Lipinski definition) is 3. The quantitative estimate of drug-likeness (QED) is 0.0959. The van der Waals surface area contributed by atoms with Gasteiger partial charge in [0.15, 0.2) is 11.6 Å². The second-order valence-corrected chi connectivity index (χ2v) is 10.2. The lowest BCUT2D eigenvalue weighted by molar-refractivity contribution is -0.151. The van der Waals surface area contributed by atoms with Gasteiger partial charge in [0, 0.05) is 53.6 Å². The number of rotatable bonds is 12. The van der Waals surface area contributed by atoms with Gasteiger partial charge in [-0.1, -0.05) is 36.4 Å². The molecule has 0 spiro atoms. The summed E-state index contributed by atoms with van der Waals surface area (Å²) in [4.78, 5) is 52.5. The van der Waals surface area contributed by atoms with E-state index < -0.39 is 41.2 Å². The molecule has 0 bridgehead atoms. The van der Waals surface area contributed by atoms with E-state index in [9.17, 15) is 29.4 Å². The van der Waals surface area contributed by atoms with Gasteiger partial charge < -0.3 is 25.2 Å². The molecule has 214 valence electrons. The summed E-state index contributed by atoms with van der Waals surface area (Å²) in [6.07, 6.45) is -0.644. The molecule has 3 aromatic rings. The summed E-state index contributed by atoms with van der Waals surface area (Å²) >= 11 is 11.8. The standard InChI is InChI=1S/C30H28Cl2N2O7/c1-17(22-15-24(36)25-26(29(22)39)28(38)21-5-3-2-4-20(21)27(25)37)41-30(40)23(33-16-35)14-18-6-8-19(9-7-18)34(12-10-31)13-11-32/h2-9,15-17,23,36,39H,10-14H2,1H3,(H,33,35). The summed E-state index contributed by atoms with van der Waals surface area (Å²) in [6, 6.07) is 13.5. The summed E-state index contributed by atoms with van der Waals surface area (Å²) < 4.78 is 5.54. The Hall–Kier alpha value is -4.08. The van der Waals surface area contributed by atoms with Gasteiger partial charge in [0.05, 0.1) is 11.1 Å². The molecule has 11 heteroatoms. The van der Waals surface area contributed by atoms with Crippen LogP contribution in [0, 0.1) is 0 Å². The van der Waals surface area contributed by atoms with Crippen molar-refractivity contribution in [2.75, 3.05) is 29.7 Å². The molecule has 0 aromatic heterocycles. The van der Waals surface area contributed by atoms with Crippen molar-refractivity contribution in [2.45, 2.75) is 25.5 Å². The molecule has 3 N–H and O–H groups in total. The number of aromatic hydroxyl groups is 2. The minimum atomic E-state index is -1.14. The number of esters is 1. The van der Waals surface area contributed by atoms with Crippen LogP contribution in [0.15, 0.2) is 54.6 Å². The van der Waals surface area contributed by atoms with Crippen LogP contribution in [0.5, 0.6) is 11.5 Å². The van der Waals surface area contributed by atoms with Crippen LogP contribution in [0.1, 0.15) is 56.0 Å². The molecule has 0 saturated heterocycles. The molecule has 1 aliphatic rings. The first-order valence-electron chi connectivity index (χ1n) is 12.8. The number of phenolic OH excluding ortho intramolecular Hbond substituents is 2. The fourth-order valence-electron chi connectivity index (χ4n) is 4.85. The summed E-state index contributed by atoms with van der Waals surface area (Å²) in [5.74, 6) is -2.27. The lowest BCUT2D eigenvalue weighted by Crippen LogP contribution is -2.39. The number of ether oxygens (including phenoxy) is 1. The molecule has 0 fully saturated rings. The van der Waals surface area contributed by atoms with Crippen molar-refractivity contribution < 1.29 is 34.1 Å². The van der Waals surface area contributed by atoms with E-state index in [0.717, 1.165) is 17.3 Å². The number of nitrogens with zero attached hydrogens (tertiary/aromatic N) is 1. The van der Waals surface area contributed by atoms with Crippen molar-refractivity contribution in [1.29, 1.82) is 0 Å². The third-order valence-electron chi connectivity index (χ3n) is 6.91. The van der Waals surface area contributed by atoms with E-state index >= 15 is 0 Å². The highest BCUT2D eigenvalue weighted by Gasteiger charge is 2.37. The molecule has 4 rings (SSSR count).